The molecule has 2 rings (SSSR count). The van der Waals surface area contributed by atoms with Crippen LogP contribution in [0.4, 0.5) is 13.2 Å². The third-order valence-corrected chi connectivity index (χ3v) is 3.31. The minimum absolute atomic E-state index is 0.0798. The molecule has 6 heteroatoms. The summed E-state index contributed by atoms with van der Waals surface area (Å²) in [7, 11) is 0. The first-order valence-corrected chi connectivity index (χ1v) is 6.81. The molecule has 1 heterocycles. The number of nitrogens with two attached hydrogens (primary N) is 1. The van der Waals surface area contributed by atoms with Crippen molar-refractivity contribution in [3.05, 3.63) is 53.3 Å². The van der Waals surface area contributed by atoms with Gasteiger partial charge in [0.2, 0.25) is 0 Å². The van der Waals surface area contributed by atoms with Crippen LogP contribution in [0, 0.1) is 0 Å². The monoisotopic (exact) mass is 297 g/mol. The van der Waals surface area contributed by atoms with E-state index in [-0.39, 0.29) is 6.04 Å². The topological polar surface area (TPSA) is 43.8 Å². The lowest BCUT2D eigenvalue weighted by Crippen LogP contribution is -2.21. The van der Waals surface area contributed by atoms with Crippen LogP contribution in [-0.2, 0) is 19.1 Å². The molecule has 3 nitrogen and oxygen atoms in total. The van der Waals surface area contributed by atoms with Crippen molar-refractivity contribution in [2.75, 3.05) is 0 Å². The Hall–Kier alpha value is -1.82. The van der Waals surface area contributed by atoms with Crippen molar-refractivity contribution in [1.29, 1.82) is 0 Å². The van der Waals surface area contributed by atoms with Gasteiger partial charge in [-0.3, -0.25) is 4.68 Å². The van der Waals surface area contributed by atoms with Gasteiger partial charge in [-0.15, -0.1) is 0 Å². The molecule has 2 N–H and O–H groups in total. The second-order valence-corrected chi connectivity index (χ2v) is 5.12. The molecule has 0 saturated carbocycles. The van der Waals surface area contributed by atoms with E-state index in [9.17, 15) is 13.2 Å². The second kappa shape index (κ2) is 6.30. The van der Waals surface area contributed by atoms with Crippen LogP contribution >= 0.6 is 0 Å². The molecule has 21 heavy (non-hydrogen) atoms. The summed E-state index contributed by atoms with van der Waals surface area (Å²) < 4.78 is 39.6. The largest absolute Gasteiger partial charge is 0.416 e. The average molecular weight is 297 g/mol. The van der Waals surface area contributed by atoms with Crippen molar-refractivity contribution in [2.45, 2.75) is 38.5 Å². The molecule has 114 valence electrons. The molecule has 0 aliphatic rings. The quantitative estimate of drug-likeness (QED) is 0.921. The van der Waals surface area contributed by atoms with Gasteiger partial charge in [-0.1, -0.05) is 19.1 Å². The summed E-state index contributed by atoms with van der Waals surface area (Å²) in [6.45, 7) is 2.32. The summed E-state index contributed by atoms with van der Waals surface area (Å²) in [4.78, 5) is 0. The van der Waals surface area contributed by atoms with E-state index >= 15 is 0 Å². The molecule has 0 bridgehead atoms. The molecule has 1 aromatic heterocycles. The SMILES string of the molecule is CCC(N)Cc1cnn(Cc2cccc(C(F)(F)F)c2)c1. The zero-order valence-electron chi connectivity index (χ0n) is 11.8. The Kier molecular flexibility index (Phi) is 4.67. The first-order chi connectivity index (χ1) is 9.88. The van der Waals surface area contributed by atoms with Crippen molar-refractivity contribution in [1.82, 2.24) is 9.78 Å². The van der Waals surface area contributed by atoms with Crippen LogP contribution in [0.15, 0.2) is 36.7 Å². The van der Waals surface area contributed by atoms with Gasteiger partial charge in [0, 0.05) is 12.2 Å². The zero-order valence-corrected chi connectivity index (χ0v) is 11.8. The van der Waals surface area contributed by atoms with E-state index in [0.29, 0.717) is 12.1 Å². The van der Waals surface area contributed by atoms with Crippen LogP contribution in [0.2, 0.25) is 0 Å². The lowest BCUT2D eigenvalue weighted by atomic mass is 10.1. The summed E-state index contributed by atoms with van der Waals surface area (Å²) in [6.07, 6.45) is 0.815. The molecule has 1 atom stereocenters. The highest BCUT2D eigenvalue weighted by Crippen LogP contribution is 2.29. The van der Waals surface area contributed by atoms with Crippen molar-refractivity contribution in [2.24, 2.45) is 5.73 Å². The zero-order chi connectivity index (χ0) is 15.5. The number of benzene rings is 1. The molecule has 0 aliphatic carbocycles. The molecule has 0 aliphatic heterocycles. The number of halogens is 3. The fourth-order valence-corrected chi connectivity index (χ4v) is 2.08. The van der Waals surface area contributed by atoms with Gasteiger partial charge in [-0.25, -0.2) is 0 Å². The van der Waals surface area contributed by atoms with E-state index < -0.39 is 11.7 Å². The maximum absolute atomic E-state index is 12.7. The first kappa shape index (κ1) is 15.6. The number of aromatic nitrogens is 2. The fourth-order valence-electron chi connectivity index (χ4n) is 2.08. The number of nitrogens with zero attached hydrogens (tertiary/aromatic N) is 2. The van der Waals surface area contributed by atoms with E-state index in [1.165, 1.54) is 6.07 Å². The van der Waals surface area contributed by atoms with Gasteiger partial charge >= 0.3 is 6.18 Å². The Morgan fingerprint density at radius 2 is 2.05 bits per heavy atom. The molecule has 1 aromatic carbocycles. The Morgan fingerprint density at radius 3 is 2.71 bits per heavy atom. The number of alkyl halides is 3. The van der Waals surface area contributed by atoms with Crippen molar-refractivity contribution >= 4 is 0 Å². The van der Waals surface area contributed by atoms with Gasteiger partial charge < -0.3 is 5.73 Å². The van der Waals surface area contributed by atoms with Crippen LogP contribution < -0.4 is 5.73 Å². The minimum Gasteiger partial charge on any atom is -0.327 e. The first-order valence-electron chi connectivity index (χ1n) is 6.81. The van der Waals surface area contributed by atoms with Crippen LogP contribution in [0.5, 0.6) is 0 Å². The summed E-state index contributed by atoms with van der Waals surface area (Å²) >= 11 is 0. The Labute approximate surface area is 121 Å². The van der Waals surface area contributed by atoms with Gasteiger partial charge in [-0.05, 0) is 36.1 Å². The highest BCUT2D eigenvalue weighted by molar-refractivity contribution is 5.26. The molecule has 0 fully saturated rings. The third-order valence-electron chi connectivity index (χ3n) is 3.31. The lowest BCUT2D eigenvalue weighted by molar-refractivity contribution is -0.137. The van der Waals surface area contributed by atoms with Crippen molar-refractivity contribution in [3.8, 4) is 0 Å². The van der Waals surface area contributed by atoms with Crippen LogP contribution in [0.3, 0.4) is 0 Å². The number of hydrogen-bond donors (Lipinski definition) is 1. The van der Waals surface area contributed by atoms with Gasteiger partial charge in [0.25, 0.3) is 0 Å². The summed E-state index contributed by atoms with van der Waals surface area (Å²) in [5.74, 6) is 0. The summed E-state index contributed by atoms with van der Waals surface area (Å²) in [6, 6.07) is 5.37. The minimum atomic E-state index is -4.32. The molecule has 0 spiro atoms. The van der Waals surface area contributed by atoms with Crippen molar-refractivity contribution < 1.29 is 13.2 Å². The van der Waals surface area contributed by atoms with Gasteiger partial charge in [-0.2, -0.15) is 18.3 Å². The van der Waals surface area contributed by atoms with E-state index in [4.69, 9.17) is 5.73 Å². The number of hydrogen-bond acceptors (Lipinski definition) is 2. The van der Waals surface area contributed by atoms with Crippen LogP contribution in [0.1, 0.15) is 30.0 Å². The third kappa shape index (κ3) is 4.32. The molecule has 2 aromatic rings. The van der Waals surface area contributed by atoms with E-state index in [1.54, 1.807) is 16.9 Å². The molecule has 0 amide bonds. The maximum atomic E-state index is 12.7. The van der Waals surface area contributed by atoms with Gasteiger partial charge in [0.15, 0.2) is 0 Å². The lowest BCUT2D eigenvalue weighted by Gasteiger charge is -2.09. The van der Waals surface area contributed by atoms with E-state index in [2.05, 4.69) is 5.10 Å². The maximum Gasteiger partial charge on any atom is 0.416 e. The van der Waals surface area contributed by atoms with Gasteiger partial charge in [0.05, 0.1) is 18.3 Å². The summed E-state index contributed by atoms with van der Waals surface area (Å²) in [5, 5.41) is 4.17. The molecule has 0 radical (unpaired) electrons. The normalized spacial score (nSPS) is 13.4. The molecular formula is C15H18F3N3. The van der Waals surface area contributed by atoms with E-state index in [1.807, 2.05) is 13.1 Å². The Morgan fingerprint density at radius 1 is 1.29 bits per heavy atom. The smallest absolute Gasteiger partial charge is 0.327 e. The second-order valence-electron chi connectivity index (χ2n) is 5.12. The van der Waals surface area contributed by atoms with Gasteiger partial charge in [0.1, 0.15) is 0 Å². The predicted octanol–water partition coefficient (Wildman–Crippen LogP) is 3.23. The summed E-state index contributed by atoms with van der Waals surface area (Å²) in [5.41, 5.74) is 6.80. The fraction of sp³-hybridized carbons (Fsp3) is 0.400. The molecule has 1 unspecified atom stereocenters. The molecule has 0 saturated heterocycles. The van der Waals surface area contributed by atoms with Crippen molar-refractivity contribution in [3.63, 3.8) is 0 Å². The highest BCUT2D eigenvalue weighted by atomic mass is 19.4. The number of rotatable bonds is 5. The average Bonchev–Trinajstić information content (AvgIpc) is 2.85. The van der Waals surface area contributed by atoms with Crippen LogP contribution in [0.25, 0.3) is 0 Å². The van der Waals surface area contributed by atoms with E-state index in [0.717, 1.165) is 30.5 Å². The standard InChI is InChI=1S/C15H18F3N3/c1-2-14(19)7-12-8-20-21(10-12)9-11-4-3-5-13(6-11)15(16,17)18/h3-6,8,10,14H,2,7,9,19H2,1H3. The Balaban J connectivity index is 2.08. The molecular weight excluding hydrogens is 279 g/mol. The Bertz CT molecular complexity index is 590. The predicted molar refractivity (Wildman–Crippen MR) is 74.7 cm³/mol. The van der Waals surface area contributed by atoms with Crippen LogP contribution in [-0.4, -0.2) is 15.8 Å². The highest BCUT2D eigenvalue weighted by Gasteiger charge is 2.30.